The van der Waals surface area contributed by atoms with Gasteiger partial charge in [-0.05, 0) is 18.9 Å². The van der Waals surface area contributed by atoms with Gasteiger partial charge in [-0.15, -0.1) is 0 Å². The second-order valence-electron chi connectivity index (χ2n) is 5.65. The molecule has 0 amide bonds. The molecule has 7 nitrogen and oxygen atoms in total. The zero-order chi connectivity index (χ0) is 15.7. The molecule has 1 saturated heterocycles. The zero-order valence-electron chi connectivity index (χ0n) is 12.0. The van der Waals surface area contributed by atoms with E-state index in [1.807, 2.05) is 0 Å². The Balaban J connectivity index is 1.59. The van der Waals surface area contributed by atoms with Crippen LogP contribution in [-0.2, 0) is 14.8 Å². The van der Waals surface area contributed by atoms with Crippen molar-refractivity contribution in [1.29, 1.82) is 0 Å². The molecule has 1 aliphatic heterocycles. The van der Waals surface area contributed by atoms with E-state index < -0.39 is 10.0 Å². The lowest BCUT2D eigenvalue weighted by Gasteiger charge is -2.33. The number of hydrogen-bond donors (Lipinski definition) is 2. The summed E-state index contributed by atoms with van der Waals surface area (Å²) >= 11 is 6.05. The highest BCUT2D eigenvalue weighted by Crippen LogP contribution is 2.28. The van der Waals surface area contributed by atoms with Gasteiger partial charge in [0.1, 0.15) is 10.7 Å². The van der Waals surface area contributed by atoms with Crippen molar-refractivity contribution in [1.82, 2.24) is 9.88 Å². The number of hydrogen-bond acceptors (Lipinski definition) is 6. The van der Waals surface area contributed by atoms with Crippen LogP contribution >= 0.6 is 11.6 Å². The molecule has 0 spiro atoms. The number of pyridine rings is 1. The number of aromatic nitrogens is 1. The van der Waals surface area contributed by atoms with E-state index in [1.165, 1.54) is 25.1 Å². The maximum absolute atomic E-state index is 11.2. The van der Waals surface area contributed by atoms with Crippen LogP contribution < -0.4 is 10.5 Å². The fraction of sp³-hybridized carbons (Fsp3) is 0.615. The Labute approximate surface area is 134 Å². The summed E-state index contributed by atoms with van der Waals surface area (Å²) in [6.45, 7) is 3.19. The lowest BCUT2D eigenvalue weighted by atomic mass is 10.2. The Morgan fingerprint density at radius 3 is 2.91 bits per heavy atom. The van der Waals surface area contributed by atoms with E-state index in [1.54, 1.807) is 0 Å². The number of primary sulfonamides is 1. The van der Waals surface area contributed by atoms with Crippen molar-refractivity contribution in [2.45, 2.75) is 29.9 Å². The van der Waals surface area contributed by atoms with Gasteiger partial charge in [0, 0.05) is 31.9 Å². The highest BCUT2D eigenvalue weighted by molar-refractivity contribution is 7.89. The molecule has 1 aromatic rings. The Morgan fingerprint density at radius 2 is 2.27 bits per heavy atom. The van der Waals surface area contributed by atoms with Gasteiger partial charge in [-0.2, -0.15) is 0 Å². The summed E-state index contributed by atoms with van der Waals surface area (Å²) in [5, 5.41) is 8.38. The van der Waals surface area contributed by atoms with E-state index in [4.69, 9.17) is 21.5 Å². The third-order valence-corrected chi connectivity index (χ3v) is 5.04. The number of ether oxygens (including phenoxy) is 1. The molecular weight excluding hydrogens is 328 g/mol. The summed E-state index contributed by atoms with van der Waals surface area (Å²) in [5.74, 6) is 0.432. The molecule has 1 atom stereocenters. The lowest BCUT2D eigenvalue weighted by molar-refractivity contribution is -0.0241. The number of nitrogens with zero attached hydrogens (tertiary/aromatic N) is 2. The second kappa shape index (κ2) is 6.29. The molecule has 9 heteroatoms. The normalized spacial score (nSPS) is 23.5. The minimum Gasteiger partial charge on any atom is -0.374 e. The topological polar surface area (TPSA) is 97.6 Å². The Bertz CT molecular complexity index is 651. The summed E-state index contributed by atoms with van der Waals surface area (Å²) in [5.41, 5.74) is 0. The van der Waals surface area contributed by atoms with Crippen LogP contribution in [0, 0.1) is 0 Å². The van der Waals surface area contributed by atoms with E-state index in [2.05, 4.69) is 15.2 Å². The average Bonchev–Trinajstić information content (AvgIpc) is 3.30. The first kappa shape index (κ1) is 15.9. The number of morpholine rings is 1. The third kappa shape index (κ3) is 3.88. The fourth-order valence-electron chi connectivity index (χ4n) is 2.55. The van der Waals surface area contributed by atoms with Crippen LogP contribution in [-0.4, -0.2) is 56.7 Å². The van der Waals surface area contributed by atoms with Gasteiger partial charge in [0.15, 0.2) is 0 Å². The number of nitrogens with one attached hydrogen (secondary N) is 1. The molecule has 3 N–H and O–H groups in total. The Kier molecular flexibility index (Phi) is 4.56. The first-order valence-electron chi connectivity index (χ1n) is 7.21. The molecule has 3 rings (SSSR count). The SMILES string of the molecule is NS(=O)(=O)c1cnc(NC[C@@H]2CN(C3CC3)CCO2)c(Cl)c1. The smallest absolute Gasteiger partial charge is 0.239 e. The molecular formula is C13H19ClN4O3S. The van der Waals surface area contributed by atoms with Gasteiger partial charge >= 0.3 is 0 Å². The monoisotopic (exact) mass is 346 g/mol. The second-order valence-corrected chi connectivity index (χ2v) is 7.61. The van der Waals surface area contributed by atoms with Crippen LogP contribution in [0.15, 0.2) is 17.2 Å². The van der Waals surface area contributed by atoms with E-state index in [9.17, 15) is 8.42 Å². The summed E-state index contributed by atoms with van der Waals surface area (Å²) < 4.78 is 28.2. The van der Waals surface area contributed by atoms with Crippen molar-refractivity contribution in [2.24, 2.45) is 5.14 Å². The standard InChI is InChI=1S/C13H19ClN4O3S/c14-12-5-11(22(15,19)20)7-17-13(12)16-6-10-8-18(3-4-21-10)9-1-2-9/h5,7,9-10H,1-4,6,8H2,(H,16,17)(H2,15,19,20)/t10-/m1/s1. The molecule has 0 unspecified atom stereocenters. The van der Waals surface area contributed by atoms with Gasteiger partial charge in [-0.1, -0.05) is 11.6 Å². The first-order valence-corrected chi connectivity index (χ1v) is 9.14. The Hall–Kier alpha value is -0.930. The van der Waals surface area contributed by atoms with Gasteiger partial charge in [0.25, 0.3) is 0 Å². The number of sulfonamides is 1. The average molecular weight is 347 g/mol. The van der Waals surface area contributed by atoms with Crippen molar-refractivity contribution in [2.75, 3.05) is 31.6 Å². The van der Waals surface area contributed by atoms with E-state index in [0.29, 0.717) is 12.4 Å². The van der Waals surface area contributed by atoms with Crippen LogP contribution in [0.3, 0.4) is 0 Å². The number of nitrogens with two attached hydrogens (primary N) is 1. The minimum absolute atomic E-state index is 0.0742. The van der Waals surface area contributed by atoms with Crippen LogP contribution in [0.4, 0.5) is 5.82 Å². The van der Waals surface area contributed by atoms with E-state index in [0.717, 1.165) is 25.7 Å². The van der Waals surface area contributed by atoms with Crippen LogP contribution in [0.5, 0.6) is 0 Å². The van der Waals surface area contributed by atoms with E-state index in [-0.39, 0.29) is 16.0 Å². The number of halogens is 1. The largest absolute Gasteiger partial charge is 0.374 e. The van der Waals surface area contributed by atoms with E-state index >= 15 is 0 Å². The molecule has 1 aromatic heterocycles. The molecule has 2 aliphatic rings. The summed E-state index contributed by atoms with van der Waals surface area (Å²) in [4.78, 5) is 6.38. The summed E-state index contributed by atoms with van der Waals surface area (Å²) in [6, 6.07) is 2.02. The predicted molar refractivity (Wildman–Crippen MR) is 83.4 cm³/mol. The molecule has 1 aliphatic carbocycles. The van der Waals surface area contributed by atoms with Gasteiger partial charge in [0.05, 0.1) is 17.7 Å². The molecule has 1 saturated carbocycles. The van der Waals surface area contributed by atoms with Crippen molar-refractivity contribution in [3.8, 4) is 0 Å². The molecule has 0 aromatic carbocycles. The molecule has 22 heavy (non-hydrogen) atoms. The fourth-order valence-corrected chi connectivity index (χ4v) is 3.33. The summed E-state index contributed by atoms with van der Waals surface area (Å²) in [6.07, 6.45) is 3.83. The highest BCUT2D eigenvalue weighted by atomic mass is 35.5. The van der Waals surface area contributed by atoms with Crippen LogP contribution in [0.2, 0.25) is 5.02 Å². The van der Waals surface area contributed by atoms with Gasteiger partial charge in [-0.25, -0.2) is 18.5 Å². The molecule has 0 bridgehead atoms. The van der Waals surface area contributed by atoms with Crippen molar-refractivity contribution in [3.05, 3.63) is 17.3 Å². The predicted octanol–water partition coefficient (Wildman–Crippen LogP) is 0.658. The van der Waals surface area contributed by atoms with Crippen molar-refractivity contribution in [3.63, 3.8) is 0 Å². The highest BCUT2D eigenvalue weighted by Gasteiger charge is 2.32. The number of anilines is 1. The first-order chi connectivity index (χ1) is 10.4. The molecule has 122 valence electrons. The molecule has 2 fully saturated rings. The molecule has 0 radical (unpaired) electrons. The quantitative estimate of drug-likeness (QED) is 0.812. The van der Waals surface area contributed by atoms with Gasteiger partial charge in [-0.3, -0.25) is 4.90 Å². The van der Waals surface area contributed by atoms with Crippen molar-refractivity contribution >= 4 is 27.4 Å². The minimum atomic E-state index is -3.79. The maximum Gasteiger partial charge on any atom is 0.239 e. The number of rotatable bonds is 5. The maximum atomic E-state index is 11.2. The van der Waals surface area contributed by atoms with Crippen LogP contribution in [0.1, 0.15) is 12.8 Å². The Morgan fingerprint density at radius 1 is 1.50 bits per heavy atom. The zero-order valence-corrected chi connectivity index (χ0v) is 13.6. The van der Waals surface area contributed by atoms with Crippen molar-refractivity contribution < 1.29 is 13.2 Å². The lowest BCUT2D eigenvalue weighted by Crippen LogP contribution is -2.46. The molecule has 2 heterocycles. The van der Waals surface area contributed by atoms with Crippen LogP contribution in [0.25, 0.3) is 0 Å². The third-order valence-electron chi connectivity index (χ3n) is 3.88. The summed E-state index contributed by atoms with van der Waals surface area (Å²) in [7, 11) is -3.79. The van der Waals surface area contributed by atoms with Gasteiger partial charge in [0.2, 0.25) is 10.0 Å². The van der Waals surface area contributed by atoms with Gasteiger partial charge < -0.3 is 10.1 Å².